The van der Waals surface area contributed by atoms with E-state index in [9.17, 15) is 4.79 Å². The molecule has 0 saturated carbocycles. The largest absolute Gasteiger partial charge is 0.484 e. The van der Waals surface area contributed by atoms with Gasteiger partial charge in [-0.1, -0.05) is 0 Å². The zero-order chi connectivity index (χ0) is 13.0. The zero-order valence-corrected chi connectivity index (χ0v) is 10.6. The lowest BCUT2D eigenvalue weighted by Crippen LogP contribution is -2.34. The highest BCUT2D eigenvalue weighted by Crippen LogP contribution is 2.34. The van der Waals surface area contributed by atoms with Crippen LogP contribution in [-0.2, 0) is 4.79 Å². The van der Waals surface area contributed by atoms with E-state index in [1.807, 2.05) is 13.8 Å². The van der Waals surface area contributed by atoms with Gasteiger partial charge < -0.3 is 19.1 Å². The number of fused-ring (bicyclic) bond motifs is 1. The first-order chi connectivity index (χ1) is 8.74. The van der Waals surface area contributed by atoms with Gasteiger partial charge in [0.2, 0.25) is 6.79 Å². The summed E-state index contributed by atoms with van der Waals surface area (Å²) in [5, 5.41) is 0. The Balaban J connectivity index is 1.92. The van der Waals surface area contributed by atoms with E-state index in [2.05, 4.69) is 0 Å². The maximum absolute atomic E-state index is 11.8. The zero-order valence-electron chi connectivity index (χ0n) is 10.6. The number of carbonyl (C=O) groups excluding carboxylic acids is 1. The van der Waals surface area contributed by atoms with E-state index in [4.69, 9.17) is 14.2 Å². The molecule has 5 heteroatoms. The Bertz CT molecular complexity index is 429. The standard InChI is InChI=1S/C13H17NO4/c1-3-14(4-2)13(15)8-16-10-5-6-11-12(7-10)18-9-17-11/h5-7H,3-4,8-9H2,1-2H3. The summed E-state index contributed by atoms with van der Waals surface area (Å²) >= 11 is 0. The molecule has 1 aromatic rings. The monoisotopic (exact) mass is 251 g/mol. The summed E-state index contributed by atoms with van der Waals surface area (Å²) < 4.78 is 15.9. The van der Waals surface area contributed by atoms with Crippen molar-refractivity contribution >= 4 is 5.91 Å². The van der Waals surface area contributed by atoms with Crippen LogP contribution in [-0.4, -0.2) is 37.3 Å². The van der Waals surface area contributed by atoms with Crippen molar-refractivity contribution in [2.24, 2.45) is 0 Å². The van der Waals surface area contributed by atoms with E-state index in [0.717, 1.165) is 0 Å². The van der Waals surface area contributed by atoms with Crippen molar-refractivity contribution in [1.82, 2.24) is 4.90 Å². The van der Waals surface area contributed by atoms with Crippen LogP contribution in [0.2, 0.25) is 0 Å². The minimum absolute atomic E-state index is 0.0160. The van der Waals surface area contributed by atoms with Crippen molar-refractivity contribution in [3.63, 3.8) is 0 Å². The van der Waals surface area contributed by atoms with E-state index in [1.165, 1.54) is 0 Å². The van der Waals surface area contributed by atoms with Crippen LogP contribution in [0.15, 0.2) is 18.2 Å². The first-order valence-electron chi connectivity index (χ1n) is 6.04. The Hall–Kier alpha value is -1.91. The minimum Gasteiger partial charge on any atom is -0.484 e. The Kier molecular flexibility index (Phi) is 3.92. The fourth-order valence-corrected chi connectivity index (χ4v) is 1.78. The molecule has 0 aliphatic carbocycles. The summed E-state index contributed by atoms with van der Waals surface area (Å²) in [7, 11) is 0. The SMILES string of the molecule is CCN(CC)C(=O)COc1ccc2c(c1)OCO2. The average Bonchev–Trinajstić information content (AvgIpc) is 2.85. The lowest BCUT2D eigenvalue weighted by molar-refractivity contribution is -0.132. The van der Waals surface area contributed by atoms with Gasteiger partial charge in [0.25, 0.3) is 5.91 Å². The number of nitrogens with zero attached hydrogens (tertiary/aromatic N) is 1. The molecular formula is C13H17NO4. The van der Waals surface area contributed by atoms with Gasteiger partial charge in [-0.25, -0.2) is 0 Å². The third-order valence-corrected chi connectivity index (χ3v) is 2.82. The van der Waals surface area contributed by atoms with Gasteiger partial charge in [0.1, 0.15) is 5.75 Å². The number of ether oxygens (including phenoxy) is 3. The lowest BCUT2D eigenvalue weighted by atomic mass is 10.3. The normalized spacial score (nSPS) is 12.3. The smallest absolute Gasteiger partial charge is 0.260 e. The van der Waals surface area contributed by atoms with Crippen molar-refractivity contribution in [1.29, 1.82) is 0 Å². The van der Waals surface area contributed by atoms with E-state index in [-0.39, 0.29) is 19.3 Å². The molecule has 0 aromatic heterocycles. The number of carbonyl (C=O) groups is 1. The fourth-order valence-electron chi connectivity index (χ4n) is 1.78. The van der Waals surface area contributed by atoms with Gasteiger partial charge in [0.15, 0.2) is 18.1 Å². The summed E-state index contributed by atoms with van der Waals surface area (Å²) in [5.74, 6) is 1.96. The Labute approximate surface area is 106 Å². The molecule has 0 radical (unpaired) electrons. The third-order valence-electron chi connectivity index (χ3n) is 2.82. The summed E-state index contributed by atoms with van der Waals surface area (Å²) in [5.41, 5.74) is 0. The number of rotatable bonds is 5. The highest BCUT2D eigenvalue weighted by molar-refractivity contribution is 5.77. The molecule has 0 fully saturated rings. The molecule has 1 aromatic carbocycles. The van der Waals surface area contributed by atoms with Crippen molar-refractivity contribution < 1.29 is 19.0 Å². The number of likely N-dealkylation sites (N-methyl/N-ethyl adjacent to an activating group) is 1. The predicted octanol–water partition coefficient (Wildman–Crippen LogP) is 1.66. The van der Waals surface area contributed by atoms with Crippen LogP contribution >= 0.6 is 0 Å². The van der Waals surface area contributed by atoms with E-state index >= 15 is 0 Å². The topological polar surface area (TPSA) is 48.0 Å². The molecule has 1 aliphatic heterocycles. The Morgan fingerprint density at radius 3 is 2.72 bits per heavy atom. The second-order valence-corrected chi connectivity index (χ2v) is 3.87. The summed E-state index contributed by atoms with van der Waals surface area (Å²) in [6.07, 6.45) is 0. The second kappa shape index (κ2) is 5.62. The number of hydrogen-bond donors (Lipinski definition) is 0. The molecule has 0 atom stereocenters. The second-order valence-electron chi connectivity index (χ2n) is 3.87. The molecule has 0 saturated heterocycles. The van der Waals surface area contributed by atoms with Crippen molar-refractivity contribution in [3.8, 4) is 17.2 Å². The molecule has 0 unspecified atom stereocenters. The Morgan fingerprint density at radius 2 is 2.00 bits per heavy atom. The lowest BCUT2D eigenvalue weighted by Gasteiger charge is -2.18. The maximum Gasteiger partial charge on any atom is 0.260 e. The molecule has 1 aliphatic rings. The number of amides is 1. The predicted molar refractivity (Wildman–Crippen MR) is 66.0 cm³/mol. The van der Waals surface area contributed by atoms with Crippen molar-refractivity contribution in [2.45, 2.75) is 13.8 Å². The highest BCUT2D eigenvalue weighted by atomic mass is 16.7. The minimum atomic E-state index is -0.0160. The van der Waals surface area contributed by atoms with Crippen molar-refractivity contribution in [2.75, 3.05) is 26.5 Å². The maximum atomic E-state index is 11.8. The summed E-state index contributed by atoms with van der Waals surface area (Å²) in [6.45, 7) is 5.56. The van der Waals surface area contributed by atoms with Crippen LogP contribution in [0.1, 0.15) is 13.8 Å². The van der Waals surface area contributed by atoms with Crippen LogP contribution in [0.3, 0.4) is 0 Å². The van der Waals surface area contributed by atoms with Gasteiger partial charge in [-0.3, -0.25) is 4.79 Å². The number of benzene rings is 1. The molecule has 2 rings (SSSR count). The Morgan fingerprint density at radius 1 is 1.28 bits per heavy atom. The van der Waals surface area contributed by atoms with Crippen LogP contribution in [0, 0.1) is 0 Å². The van der Waals surface area contributed by atoms with Crippen molar-refractivity contribution in [3.05, 3.63) is 18.2 Å². The third kappa shape index (κ3) is 2.67. The molecule has 1 amide bonds. The average molecular weight is 251 g/mol. The first-order valence-corrected chi connectivity index (χ1v) is 6.04. The molecule has 18 heavy (non-hydrogen) atoms. The molecule has 0 N–H and O–H groups in total. The van der Waals surface area contributed by atoms with E-state index < -0.39 is 0 Å². The molecular weight excluding hydrogens is 234 g/mol. The van der Waals surface area contributed by atoms with Gasteiger partial charge >= 0.3 is 0 Å². The molecule has 0 spiro atoms. The highest BCUT2D eigenvalue weighted by Gasteiger charge is 2.15. The van der Waals surface area contributed by atoms with E-state index in [1.54, 1.807) is 23.1 Å². The fraction of sp³-hybridized carbons (Fsp3) is 0.462. The quantitative estimate of drug-likeness (QED) is 0.798. The molecule has 1 heterocycles. The van der Waals surface area contributed by atoms with E-state index in [0.29, 0.717) is 30.3 Å². The summed E-state index contributed by atoms with van der Waals surface area (Å²) in [6, 6.07) is 5.28. The van der Waals surface area contributed by atoms with Gasteiger partial charge in [-0.2, -0.15) is 0 Å². The van der Waals surface area contributed by atoms with Crippen LogP contribution in [0.4, 0.5) is 0 Å². The van der Waals surface area contributed by atoms with Gasteiger partial charge in [-0.15, -0.1) is 0 Å². The van der Waals surface area contributed by atoms with Crippen LogP contribution < -0.4 is 14.2 Å². The molecule has 98 valence electrons. The van der Waals surface area contributed by atoms with Gasteiger partial charge in [-0.05, 0) is 26.0 Å². The molecule has 0 bridgehead atoms. The van der Waals surface area contributed by atoms with Crippen LogP contribution in [0.25, 0.3) is 0 Å². The summed E-state index contributed by atoms with van der Waals surface area (Å²) in [4.78, 5) is 13.5. The number of hydrogen-bond acceptors (Lipinski definition) is 4. The molecule has 5 nitrogen and oxygen atoms in total. The van der Waals surface area contributed by atoms with Gasteiger partial charge in [0.05, 0.1) is 0 Å². The first kappa shape index (κ1) is 12.5. The van der Waals surface area contributed by atoms with Gasteiger partial charge in [0, 0.05) is 19.2 Å². The van der Waals surface area contributed by atoms with Crippen LogP contribution in [0.5, 0.6) is 17.2 Å².